The van der Waals surface area contributed by atoms with Gasteiger partial charge in [-0.2, -0.15) is 0 Å². The number of aromatic nitrogens is 1. The van der Waals surface area contributed by atoms with E-state index in [1.54, 1.807) is 13.0 Å². The molecule has 0 saturated carbocycles. The van der Waals surface area contributed by atoms with E-state index in [0.717, 1.165) is 25.1 Å². The van der Waals surface area contributed by atoms with Crippen LogP contribution in [-0.4, -0.2) is 19.9 Å². The molecular formula is C13H15N3O3S2. The number of nitrogens with one attached hydrogen (secondary N) is 3. The fraction of sp³-hybridized carbons (Fsp3) is 0.308. The summed E-state index contributed by atoms with van der Waals surface area (Å²) in [5.74, 6) is 0. The summed E-state index contributed by atoms with van der Waals surface area (Å²) in [7, 11) is -3.73. The van der Waals surface area contributed by atoms with E-state index in [-0.39, 0.29) is 9.08 Å². The summed E-state index contributed by atoms with van der Waals surface area (Å²) in [6.07, 6.45) is 0.945. The van der Waals surface area contributed by atoms with Crippen LogP contribution in [0, 0.1) is 6.92 Å². The number of aromatic amines is 1. The highest BCUT2D eigenvalue weighted by molar-refractivity contribution is 7.94. The molecule has 0 aliphatic carbocycles. The highest BCUT2D eigenvalue weighted by Crippen LogP contribution is 2.23. The van der Waals surface area contributed by atoms with E-state index in [4.69, 9.17) is 0 Å². The molecule has 0 unspecified atom stereocenters. The van der Waals surface area contributed by atoms with Gasteiger partial charge in [-0.05, 0) is 43.1 Å². The second-order valence-electron chi connectivity index (χ2n) is 4.94. The van der Waals surface area contributed by atoms with Crippen LogP contribution in [-0.2, 0) is 23.0 Å². The van der Waals surface area contributed by atoms with Crippen molar-refractivity contribution in [2.45, 2.75) is 24.1 Å². The van der Waals surface area contributed by atoms with Gasteiger partial charge in [0.05, 0.1) is 0 Å². The molecule has 112 valence electrons. The highest BCUT2D eigenvalue weighted by atomic mass is 32.2. The Hall–Kier alpha value is -1.64. The van der Waals surface area contributed by atoms with Crippen molar-refractivity contribution in [3.8, 4) is 0 Å². The fourth-order valence-electron chi connectivity index (χ4n) is 2.39. The lowest BCUT2D eigenvalue weighted by atomic mass is 10.0. The van der Waals surface area contributed by atoms with E-state index in [0.29, 0.717) is 22.7 Å². The number of thiazole rings is 1. The summed E-state index contributed by atoms with van der Waals surface area (Å²) < 4.78 is 27.2. The van der Waals surface area contributed by atoms with Crippen LogP contribution < -0.4 is 14.9 Å². The number of H-pyrrole nitrogens is 1. The smallest absolute Gasteiger partial charge is 0.306 e. The van der Waals surface area contributed by atoms with Gasteiger partial charge in [-0.25, -0.2) is 8.42 Å². The number of hydrogen-bond donors (Lipinski definition) is 3. The molecule has 2 aromatic rings. The van der Waals surface area contributed by atoms with Crippen molar-refractivity contribution in [2.24, 2.45) is 0 Å². The Labute approximate surface area is 126 Å². The molecule has 0 saturated heterocycles. The SMILES string of the molecule is Cc1[nH]c(=O)sc1S(=O)(=O)Nc1ccc2c(c1)CNCC2. The Morgan fingerprint density at radius 1 is 1.29 bits per heavy atom. The summed E-state index contributed by atoms with van der Waals surface area (Å²) in [6, 6.07) is 5.54. The molecule has 0 spiro atoms. The molecule has 21 heavy (non-hydrogen) atoms. The third kappa shape index (κ3) is 2.87. The molecule has 0 fully saturated rings. The molecular weight excluding hydrogens is 310 g/mol. The molecule has 8 heteroatoms. The van der Waals surface area contributed by atoms with Gasteiger partial charge in [0.2, 0.25) is 0 Å². The van der Waals surface area contributed by atoms with Gasteiger partial charge in [0.25, 0.3) is 10.0 Å². The Morgan fingerprint density at radius 2 is 2.10 bits per heavy atom. The van der Waals surface area contributed by atoms with Gasteiger partial charge >= 0.3 is 4.87 Å². The van der Waals surface area contributed by atoms with E-state index in [1.807, 2.05) is 12.1 Å². The van der Waals surface area contributed by atoms with E-state index in [1.165, 1.54) is 5.56 Å². The predicted octanol–water partition coefficient (Wildman–Crippen LogP) is 1.19. The molecule has 3 rings (SSSR count). The van der Waals surface area contributed by atoms with Crippen LogP contribution in [0.2, 0.25) is 0 Å². The monoisotopic (exact) mass is 325 g/mol. The summed E-state index contributed by atoms with van der Waals surface area (Å²) in [4.78, 5) is 13.4. The third-order valence-corrected chi connectivity index (χ3v) is 6.36. The fourth-order valence-corrected chi connectivity index (χ4v) is 4.74. The summed E-state index contributed by atoms with van der Waals surface area (Å²) >= 11 is 0.695. The highest BCUT2D eigenvalue weighted by Gasteiger charge is 2.21. The maximum atomic E-state index is 12.3. The standard InChI is InChI=1S/C13H15N3O3S2/c1-8-12(20-13(17)15-8)21(18,19)16-11-3-2-9-4-5-14-7-10(9)6-11/h2-3,6,14,16H,4-5,7H2,1H3,(H,15,17). The Balaban J connectivity index is 1.92. The molecule has 1 aliphatic rings. The first-order valence-corrected chi connectivity index (χ1v) is 8.81. The summed E-state index contributed by atoms with van der Waals surface area (Å²) in [5.41, 5.74) is 3.20. The lowest BCUT2D eigenvalue weighted by molar-refractivity contribution is 0.602. The van der Waals surface area contributed by atoms with Crippen molar-refractivity contribution in [1.29, 1.82) is 0 Å². The summed E-state index contributed by atoms with van der Waals surface area (Å²) in [5, 5.41) is 3.25. The zero-order chi connectivity index (χ0) is 15.0. The topological polar surface area (TPSA) is 91.1 Å². The zero-order valence-electron chi connectivity index (χ0n) is 11.4. The van der Waals surface area contributed by atoms with E-state index >= 15 is 0 Å². The molecule has 2 heterocycles. The van der Waals surface area contributed by atoms with Gasteiger partial charge in [0, 0.05) is 17.9 Å². The molecule has 0 amide bonds. The van der Waals surface area contributed by atoms with Gasteiger partial charge in [-0.15, -0.1) is 0 Å². The molecule has 1 aromatic heterocycles. The van der Waals surface area contributed by atoms with Gasteiger partial charge in [-0.3, -0.25) is 9.52 Å². The van der Waals surface area contributed by atoms with Crippen LogP contribution >= 0.6 is 11.3 Å². The molecule has 0 bridgehead atoms. The molecule has 0 atom stereocenters. The molecule has 1 aliphatic heterocycles. The van der Waals surface area contributed by atoms with Crippen LogP contribution in [0.4, 0.5) is 5.69 Å². The minimum absolute atomic E-state index is 0.0309. The van der Waals surface area contributed by atoms with Crippen LogP contribution in [0.15, 0.2) is 27.2 Å². The van der Waals surface area contributed by atoms with Gasteiger partial charge in [0.15, 0.2) is 4.21 Å². The number of anilines is 1. The van der Waals surface area contributed by atoms with Gasteiger partial charge in [-0.1, -0.05) is 17.4 Å². The number of benzene rings is 1. The van der Waals surface area contributed by atoms with Gasteiger partial charge in [0.1, 0.15) is 0 Å². The maximum Gasteiger partial charge on any atom is 0.306 e. The van der Waals surface area contributed by atoms with Crippen LogP contribution in [0.3, 0.4) is 0 Å². The van der Waals surface area contributed by atoms with Crippen molar-refractivity contribution in [2.75, 3.05) is 11.3 Å². The van der Waals surface area contributed by atoms with Gasteiger partial charge < -0.3 is 10.3 Å². The third-order valence-electron chi connectivity index (χ3n) is 3.37. The first-order valence-electron chi connectivity index (χ1n) is 6.51. The van der Waals surface area contributed by atoms with Crippen molar-refractivity contribution in [3.63, 3.8) is 0 Å². The zero-order valence-corrected chi connectivity index (χ0v) is 13.0. The minimum Gasteiger partial charge on any atom is -0.315 e. The van der Waals surface area contributed by atoms with Crippen LogP contribution in [0.25, 0.3) is 0 Å². The second-order valence-corrected chi connectivity index (χ2v) is 7.80. The van der Waals surface area contributed by atoms with E-state index < -0.39 is 10.0 Å². The largest absolute Gasteiger partial charge is 0.315 e. The number of aryl methyl sites for hydroxylation is 1. The second kappa shape index (κ2) is 5.28. The normalized spacial score (nSPS) is 14.7. The molecule has 1 aromatic carbocycles. The summed E-state index contributed by atoms with van der Waals surface area (Å²) in [6.45, 7) is 3.25. The van der Waals surface area contributed by atoms with Crippen molar-refractivity contribution in [1.82, 2.24) is 10.3 Å². The maximum absolute atomic E-state index is 12.3. The van der Waals surface area contributed by atoms with E-state index in [2.05, 4.69) is 15.0 Å². The van der Waals surface area contributed by atoms with Crippen molar-refractivity contribution >= 4 is 27.0 Å². The first-order chi connectivity index (χ1) is 9.95. The quantitative estimate of drug-likeness (QED) is 0.790. The minimum atomic E-state index is -3.73. The molecule has 3 N–H and O–H groups in total. The number of hydrogen-bond acceptors (Lipinski definition) is 5. The lowest BCUT2D eigenvalue weighted by Gasteiger charge is -2.18. The van der Waals surface area contributed by atoms with Crippen LogP contribution in [0.1, 0.15) is 16.8 Å². The Bertz CT molecular complexity index is 837. The predicted molar refractivity (Wildman–Crippen MR) is 82.3 cm³/mol. The van der Waals surface area contributed by atoms with Crippen molar-refractivity contribution in [3.05, 3.63) is 44.7 Å². The van der Waals surface area contributed by atoms with E-state index in [9.17, 15) is 13.2 Å². The average molecular weight is 325 g/mol. The first kappa shape index (κ1) is 14.3. The van der Waals surface area contributed by atoms with Crippen molar-refractivity contribution < 1.29 is 8.42 Å². The Morgan fingerprint density at radius 3 is 2.81 bits per heavy atom. The number of rotatable bonds is 3. The molecule has 6 nitrogen and oxygen atoms in total. The lowest BCUT2D eigenvalue weighted by Crippen LogP contribution is -2.23. The van der Waals surface area contributed by atoms with Crippen LogP contribution in [0.5, 0.6) is 0 Å². The molecule has 0 radical (unpaired) electrons. The number of sulfonamides is 1. The average Bonchev–Trinajstić information content (AvgIpc) is 2.78. The Kier molecular flexibility index (Phi) is 3.60. The number of fused-ring (bicyclic) bond motifs is 1.